The number of unbranched alkanes of at least 4 members (excludes halogenated alkanes) is 1. The summed E-state index contributed by atoms with van der Waals surface area (Å²) in [4.78, 5) is 23.0. The average Bonchev–Trinajstić information content (AvgIpc) is 2.37. The summed E-state index contributed by atoms with van der Waals surface area (Å²) in [6.07, 6.45) is 1.97. The van der Waals surface area contributed by atoms with Crippen LogP contribution in [0.25, 0.3) is 0 Å². The van der Waals surface area contributed by atoms with Gasteiger partial charge in [-0.1, -0.05) is 49.0 Å². The van der Waals surface area contributed by atoms with E-state index in [1.54, 1.807) is 12.1 Å². The van der Waals surface area contributed by atoms with Crippen LogP contribution in [0, 0.1) is 0 Å². The minimum atomic E-state index is -1.06. The van der Waals surface area contributed by atoms with E-state index in [0.717, 1.165) is 12.8 Å². The molecule has 0 spiro atoms. The standard InChI is InChI=1S/C13H15Cl2NO3/c1-2-3-7-10(13(18)19)16-12(17)8-5-4-6-9(14)11(8)15/h4-6,10H,2-3,7H2,1H3,(H,16,17)(H,18,19)/t10-/m0/s1. The van der Waals surface area contributed by atoms with Gasteiger partial charge in [-0.25, -0.2) is 4.79 Å². The molecule has 0 heterocycles. The van der Waals surface area contributed by atoms with Gasteiger partial charge in [0.2, 0.25) is 0 Å². The lowest BCUT2D eigenvalue weighted by Crippen LogP contribution is -2.40. The van der Waals surface area contributed by atoms with Gasteiger partial charge < -0.3 is 10.4 Å². The normalized spacial score (nSPS) is 11.9. The van der Waals surface area contributed by atoms with Crippen LogP contribution in [-0.2, 0) is 4.79 Å². The van der Waals surface area contributed by atoms with Crippen molar-refractivity contribution in [1.82, 2.24) is 5.32 Å². The molecule has 1 aromatic carbocycles. The largest absolute Gasteiger partial charge is 0.480 e. The van der Waals surface area contributed by atoms with Gasteiger partial charge in [-0.05, 0) is 18.6 Å². The number of rotatable bonds is 6. The number of nitrogens with one attached hydrogen (secondary N) is 1. The van der Waals surface area contributed by atoms with Gasteiger partial charge in [0.25, 0.3) is 5.91 Å². The Hall–Kier alpha value is -1.26. The Morgan fingerprint density at radius 3 is 2.63 bits per heavy atom. The van der Waals surface area contributed by atoms with Crippen molar-refractivity contribution in [3.05, 3.63) is 33.8 Å². The molecule has 0 aliphatic heterocycles. The lowest BCUT2D eigenvalue weighted by Gasteiger charge is -2.14. The first-order chi connectivity index (χ1) is 8.97. The molecule has 0 aliphatic rings. The topological polar surface area (TPSA) is 66.4 Å². The molecule has 1 rings (SSSR count). The minimum Gasteiger partial charge on any atom is -0.480 e. The SMILES string of the molecule is CCCC[C@H](NC(=O)c1cccc(Cl)c1Cl)C(=O)O. The molecular formula is C13H15Cl2NO3. The number of carbonyl (C=O) groups is 2. The van der Waals surface area contributed by atoms with E-state index in [1.807, 2.05) is 6.92 Å². The van der Waals surface area contributed by atoms with Crippen molar-refractivity contribution >= 4 is 35.1 Å². The first kappa shape index (κ1) is 15.8. The summed E-state index contributed by atoms with van der Waals surface area (Å²) in [6, 6.07) is 3.74. The Balaban J connectivity index is 2.82. The zero-order chi connectivity index (χ0) is 14.4. The van der Waals surface area contributed by atoms with Crippen molar-refractivity contribution in [1.29, 1.82) is 0 Å². The highest BCUT2D eigenvalue weighted by Gasteiger charge is 2.21. The summed E-state index contributed by atoms with van der Waals surface area (Å²) < 4.78 is 0. The van der Waals surface area contributed by atoms with E-state index in [0.29, 0.717) is 6.42 Å². The van der Waals surface area contributed by atoms with Crippen molar-refractivity contribution in [3.63, 3.8) is 0 Å². The zero-order valence-corrected chi connectivity index (χ0v) is 12.0. The number of aliphatic carboxylic acids is 1. The Bertz CT molecular complexity index is 477. The molecule has 19 heavy (non-hydrogen) atoms. The Kier molecular flexibility index (Phi) is 6.12. The fraction of sp³-hybridized carbons (Fsp3) is 0.385. The van der Waals surface area contributed by atoms with E-state index in [-0.39, 0.29) is 15.6 Å². The van der Waals surface area contributed by atoms with Crippen LogP contribution in [0.1, 0.15) is 36.5 Å². The van der Waals surface area contributed by atoms with Crippen LogP contribution in [0.3, 0.4) is 0 Å². The van der Waals surface area contributed by atoms with Gasteiger partial charge in [-0.2, -0.15) is 0 Å². The number of hydrogen-bond donors (Lipinski definition) is 2. The molecule has 4 nitrogen and oxygen atoms in total. The predicted octanol–water partition coefficient (Wildman–Crippen LogP) is 3.37. The molecule has 0 bridgehead atoms. The van der Waals surface area contributed by atoms with E-state index in [4.69, 9.17) is 28.3 Å². The molecule has 1 aromatic rings. The maximum Gasteiger partial charge on any atom is 0.326 e. The third kappa shape index (κ3) is 4.40. The number of carboxylic acid groups (broad SMARTS) is 1. The molecule has 0 saturated heterocycles. The average molecular weight is 304 g/mol. The van der Waals surface area contributed by atoms with Gasteiger partial charge in [0.05, 0.1) is 15.6 Å². The molecule has 1 amide bonds. The van der Waals surface area contributed by atoms with E-state index in [9.17, 15) is 9.59 Å². The van der Waals surface area contributed by atoms with Crippen molar-refractivity contribution in [2.24, 2.45) is 0 Å². The predicted molar refractivity (Wildman–Crippen MR) is 74.9 cm³/mol. The molecule has 0 aliphatic carbocycles. The van der Waals surface area contributed by atoms with Crippen LogP contribution in [0.4, 0.5) is 0 Å². The first-order valence-electron chi connectivity index (χ1n) is 5.95. The highest BCUT2D eigenvalue weighted by Crippen LogP contribution is 2.25. The second-order valence-electron chi connectivity index (χ2n) is 4.11. The quantitative estimate of drug-likeness (QED) is 0.847. The molecule has 0 aromatic heterocycles. The number of carbonyl (C=O) groups excluding carboxylic acids is 1. The lowest BCUT2D eigenvalue weighted by molar-refractivity contribution is -0.139. The summed E-state index contributed by atoms with van der Waals surface area (Å²) in [6.45, 7) is 1.95. The molecule has 0 radical (unpaired) electrons. The van der Waals surface area contributed by atoms with Crippen molar-refractivity contribution in [2.75, 3.05) is 0 Å². The van der Waals surface area contributed by atoms with E-state index < -0.39 is 17.9 Å². The summed E-state index contributed by atoms with van der Waals surface area (Å²) in [5, 5.41) is 11.9. The van der Waals surface area contributed by atoms with Crippen LogP contribution in [0.15, 0.2) is 18.2 Å². The highest BCUT2D eigenvalue weighted by atomic mass is 35.5. The van der Waals surface area contributed by atoms with Gasteiger partial charge in [0, 0.05) is 0 Å². The van der Waals surface area contributed by atoms with Crippen molar-refractivity contribution in [3.8, 4) is 0 Å². The summed E-state index contributed by atoms with van der Waals surface area (Å²) in [5.74, 6) is -1.59. The molecule has 104 valence electrons. The van der Waals surface area contributed by atoms with Gasteiger partial charge in [0.15, 0.2) is 0 Å². The first-order valence-corrected chi connectivity index (χ1v) is 6.70. The minimum absolute atomic E-state index is 0.126. The van der Waals surface area contributed by atoms with E-state index >= 15 is 0 Å². The number of hydrogen-bond acceptors (Lipinski definition) is 2. The molecule has 0 unspecified atom stereocenters. The number of amides is 1. The van der Waals surface area contributed by atoms with Gasteiger partial charge in [-0.3, -0.25) is 4.79 Å². The fourth-order valence-corrected chi connectivity index (χ4v) is 1.97. The second-order valence-corrected chi connectivity index (χ2v) is 4.89. The van der Waals surface area contributed by atoms with Gasteiger partial charge in [0.1, 0.15) is 6.04 Å². The fourth-order valence-electron chi connectivity index (χ4n) is 1.58. The third-order valence-electron chi connectivity index (χ3n) is 2.65. The van der Waals surface area contributed by atoms with Crippen molar-refractivity contribution < 1.29 is 14.7 Å². The molecule has 6 heteroatoms. The van der Waals surface area contributed by atoms with Crippen LogP contribution < -0.4 is 5.32 Å². The zero-order valence-electron chi connectivity index (χ0n) is 10.5. The monoisotopic (exact) mass is 303 g/mol. The Labute approximate surface area is 121 Å². The van der Waals surface area contributed by atoms with Crippen LogP contribution in [0.2, 0.25) is 10.0 Å². The number of carboxylic acids is 1. The molecule has 0 fully saturated rings. The van der Waals surface area contributed by atoms with Gasteiger partial charge >= 0.3 is 5.97 Å². The van der Waals surface area contributed by atoms with E-state index in [2.05, 4.69) is 5.32 Å². The molecule has 0 saturated carbocycles. The summed E-state index contributed by atoms with van der Waals surface area (Å²) >= 11 is 11.7. The molecule has 1 atom stereocenters. The van der Waals surface area contributed by atoms with Crippen molar-refractivity contribution in [2.45, 2.75) is 32.2 Å². The van der Waals surface area contributed by atoms with Crippen LogP contribution in [-0.4, -0.2) is 23.0 Å². The number of halogens is 2. The Morgan fingerprint density at radius 2 is 2.05 bits per heavy atom. The van der Waals surface area contributed by atoms with Gasteiger partial charge in [-0.15, -0.1) is 0 Å². The van der Waals surface area contributed by atoms with Crippen LogP contribution in [0.5, 0.6) is 0 Å². The lowest BCUT2D eigenvalue weighted by atomic mass is 10.1. The maximum absolute atomic E-state index is 12.0. The smallest absolute Gasteiger partial charge is 0.326 e. The second kappa shape index (κ2) is 7.36. The maximum atomic E-state index is 12.0. The molecule has 2 N–H and O–H groups in total. The highest BCUT2D eigenvalue weighted by molar-refractivity contribution is 6.43. The third-order valence-corrected chi connectivity index (χ3v) is 3.46. The van der Waals surface area contributed by atoms with Crippen LogP contribution >= 0.6 is 23.2 Å². The number of benzene rings is 1. The Morgan fingerprint density at radius 1 is 1.37 bits per heavy atom. The molecular weight excluding hydrogens is 289 g/mol. The summed E-state index contributed by atoms with van der Waals surface area (Å²) in [7, 11) is 0. The summed E-state index contributed by atoms with van der Waals surface area (Å²) in [5.41, 5.74) is 0.178. The van der Waals surface area contributed by atoms with E-state index in [1.165, 1.54) is 6.07 Å².